The Morgan fingerprint density at radius 3 is 1.90 bits per heavy atom. The molecule has 9 rings (SSSR count). The van der Waals surface area contributed by atoms with Gasteiger partial charge in [-0.3, -0.25) is 9.59 Å². The van der Waals surface area contributed by atoms with Crippen LogP contribution in [0.25, 0.3) is 0 Å². The normalized spacial score (nSPS) is 54.6. The number of esters is 1. The number of aliphatic hydroxyl groups excluding tert-OH is 13. The Morgan fingerprint density at radius 1 is 0.623 bits per heavy atom. The van der Waals surface area contributed by atoms with Crippen LogP contribution in [-0.2, 0) is 47.5 Å². The summed E-state index contributed by atoms with van der Waals surface area (Å²) in [6.45, 7) is 11.3. The molecule has 5 aliphatic carbocycles. The van der Waals surface area contributed by atoms with Crippen LogP contribution >= 0.6 is 0 Å². The highest BCUT2D eigenvalue weighted by atomic mass is 16.8. The number of carboxylic acids is 1. The first kappa shape index (κ1) is 59.5. The number of hydrogen-bond donors (Lipinski definition) is 14. The minimum atomic E-state index is -1.90. The molecule has 0 bridgehead atoms. The highest BCUT2D eigenvalue weighted by Gasteiger charge is 2.74. The molecule has 0 spiro atoms. The molecule has 8 fully saturated rings. The van der Waals surface area contributed by atoms with Gasteiger partial charge in [0.1, 0.15) is 79.4 Å². The molecule has 0 aromatic heterocycles. The van der Waals surface area contributed by atoms with E-state index in [0.717, 1.165) is 5.57 Å². The number of aliphatic carboxylic acids is 1. The van der Waals surface area contributed by atoms with Crippen molar-refractivity contribution in [3.8, 4) is 0 Å². The fourth-order valence-electron chi connectivity index (χ4n) is 16.4. The molecule has 4 aliphatic heterocycles. The van der Waals surface area contributed by atoms with E-state index in [1.807, 2.05) is 6.92 Å². The Hall–Kier alpha value is -2.12. The van der Waals surface area contributed by atoms with Gasteiger partial charge in [-0.15, -0.1) is 0 Å². The molecule has 77 heavy (non-hydrogen) atoms. The van der Waals surface area contributed by atoms with Gasteiger partial charge in [0.25, 0.3) is 0 Å². The highest BCUT2D eigenvalue weighted by molar-refractivity contribution is 5.79. The molecule has 4 heterocycles. The summed E-state index contributed by atoms with van der Waals surface area (Å²) in [7, 11) is 0. The number of carbonyl (C=O) groups is 2. The zero-order valence-corrected chi connectivity index (χ0v) is 44.8. The third-order valence-corrected chi connectivity index (χ3v) is 21.0. The van der Waals surface area contributed by atoms with E-state index in [1.165, 1.54) is 20.8 Å². The Balaban J connectivity index is 0.978. The van der Waals surface area contributed by atoms with Gasteiger partial charge >= 0.3 is 11.9 Å². The van der Waals surface area contributed by atoms with Crippen LogP contribution in [-0.4, -0.2) is 232 Å². The molecular weight excluding hydrogens is 1020 g/mol. The second kappa shape index (κ2) is 21.3. The molecule has 4 saturated heterocycles. The van der Waals surface area contributed by atoms with Gasteiger partial charge in [0, 0.05) is 5.41 Å². The van der Waals surface area contributed by atoms with Crippen molar-refractivity contribution < 1.29 is 119 Å². The number of hydrogen-bond acceptors (Lipinski definition) is 23. The number of aliphatic hydroxyl groups is 13. The summed E-state index contributed by atoms with van der Waals surface area (Å²) in [5.41, 5.74) is -4.96. The summed E-state index contributed by atoms with van der Waals surface area (Å²) in [5, 5.41) is 153. The fourth-order valence-corrected chi connectivity index (χ4v) is 16.4. The molecule has 440 valence electrons. The van der Waals surface area contributed by atoms with E-state index in [-0.39, 0.29) is 30.8 Å². The molecule has 0 radical (unpaired) electrons. The van der Waals surface area contributed by atoms with E-state index in [9.17, 15) is 76.3 Å². The SMILES string of the molecule is C[C@@H]1O[C@@H](O[C@H]2[C@H](OC(=O)C34CCC(C)(C)CC3C3=CCC5C6(C)CC(O)C(O[C@@H]7O[C@H](CO)[C@@H](O)[C@H](O)[C@H]7O)C(C)(C(=O)O)C6CCC5(C)C3(CO)CC4)O[C@H](C)[C@H](O)[C@@H]2O)[C@H](O)[C@H](O)[C@H]1O[C@@H]1OC[C@@H](O)[C@H](O)[C@H]1O. The Bertz CT molecular complexity index is 2180. The van der Waals surface area contributed by atoms with Gasteiger partial charge < -0.3 is 109 Å². The van der Waals surface area contributed by atoms with E-state index in [2.05, 4.69) is 26.8 Å². The molecule has 24 nitrogen and oxygen atoms in total. The summed E-state index contributed by atoms with van der Waals surface area (Å²) >= 11 is 0. The molecule has 10 unspecified atom stereocenters. The predicted octanol–water partition coefficient (Wildman–Crippen LogP) is -2.33. The first-order valence-electron chi connectivity index (χ1n) is 27.4. The zero-order chi connectivity index (χ0) is 56.4. The van der Waals surface area contributed by atoms with Crippen LogP contribution in [0.4, 0.5) is 0 Å². The molecule has 4 saturated carbocycles. The van der Waals surface area contributed by atoms with Crippen molar-refractivity contribution in [3.05, 3.63) is 11.6 Å². The summed E-state index contributed by atoms with van der Waals surface area (Å²) in [6.07, 6.45) is -27.9. The van der Waals surface area contributed by atoms with E-state index < -0.39 is 193 Å². The van der Waals surface area contributed by atoms with Gasteiger partial charge in [-0.1, -0.05) is 39.3 Å². The Labute approximate surface area is 446 Å². The minimum Gasteiger partial charge on any atom is -0.481 e. The third-order valence-electron chi connectivity index (χ3n) is 21.0. The van der Waals surface area contributed by atoms with Gasteiger partial charge in [-0.25, -0.2) is 0 Å². The first-order valence-corrected chi connectivity index (χ1v) is 27.4. The van der Waals surface area contributed by atoms with Crippen molar-refractivity contribution in [1.82, 2.24) is 0 Å². The van der Waals surface area contributed by atoms with Crippen molar-refractivity contribution in [1.29, 1.82) is 0 Å². The average Bonchev–Trinajstić information content (AvgIpc) is 3.55. The third kappa shape index (κ3) is 9.37. The average molecular weight is 1110 g/mol. The van der Waals surface area contributed by atoms with Crippen LogP contribution in [0.1, 0.15) is 106 Å². The van der Waals surface area contributed by atoms with Crippen molar-refractivity contribution in [2.45, 2.75) is 235 Å². The largest absolute Gasteiger partial charge is 0.481 e. The quantitative estimate of drug-likeness (QED) is 0.0586. The van der Waals surface area contributed by atoms with Gasteiger partial charge in [0.2, 0.25) is 6.29 Å². The molecule has 14 N–H and O–H groups in total. The predicted molar refractivity (Wildman–Crippen MR) is 259 cm³/mol. The molecule has 9 aliphatic rings. The molecule has 0 amide bonds. The molecule has 29 atom stereocenters. The van der Waals surface area contributed by atoms with Crippen molar-refractivity contribution in [3.63, 3.8) is 0 Å². The zero-order valence-electron chi connectivity index (χ0n) is 44.8. The Kier molecular flexibility index (Phi) is 16.4. The lowest BCUT2D eigenvalue weighted by molar-refractivity contribution is -0.373. The van der Waals surface area contributed by atoms with E-state index in [4.69, 9.17) is 37.9 Å². The lowest BCUT2D eigenvalue weighted by Gasteiger charge is -2.71. The second-order valence-electron chi connectivity index (χ2n) is 25.6. The lowest BCUT2D eigenvalue weighted by atomic mass is 9.33. The summed E-state index contributed by atoms with van der Waals surface area (Å²) in [4.78, 5) is 29.1. The number of rotatable bonds is 11. The van der Waals surface area contributed by atoms with Crippen LogP contribution < -0.4 is 0 Å². The van der Waals surface area contributed by atoms with Crippen LogP contribution in [0, 0.1) is 50.2 Å². The summed E-state index contributed by atoms with van der Waals surface area (Å²) < 4.78 is 47.3. The van der Waals surface area contributed by atoms with Crippen LogP contribution in [0.5, 0.6) is 0 Å². The minimum absolute atomic E-state index is 0.0510. The monoisotopic (exact) mass is 1100 g/mol. The maximum Gasteiger partial charge on any atom is 0.315 e. The van der Waals surface area contributed by atoms with Crippen molar-refractivity contribution in [2.24, 2.45) is 50.2 Å². The maximum absolute atomic E-state index is 15.4. The van der Waals surface area contributed by atoms with Crippen LogP contribution in [0.2, 0.25) is 0 Å². The van der Waals surface area contributed by atoms with Gasteiger partial charge in [-0.2, -0.15) is 0 Å². The number of carboxylic acid groups (broad SMARTS) is 1. The number of carbonyl (C=O) groups excluding carboxylic acids is 1. The lowest BCUT2D eigenvalue weighted by Crippen LogP contribution is -2.71. The molecule has 0 aromatic carbocycles. The van der Waals surface area contributed by atoms with Crippen molar-refractivity contribution in [2.75, 3.05) is 19.8 Å². The number of allylic oxidation sites excluding steroid dienone is 1. The van der Waals surface area contributed by atoms with Gasteiger partial charge in [0.05, 0.1) is 49.0 Å². The summed E-state index contributed by atoms with van der Waals surface area (Å²) in [6, 6.07) is 0. The topological polar surface area (TPSA) is 391 Å². The second-order valence-corrected chi connectivity index (χ2v) is 25.6. The smallest absolute Gasteiger partial charge is 0.315 e. The standard InChI is InChI=1S/C53H84O24/c1-21-30(58)34(62)40(75-43-38(66)35(63)39(22(2)72-43)74-42-36(64)31(59)26(57)19-70-42)45(71-21)77-47(69)52-13-12-48(3,4)16-24(52)23-8-9-28-49(5)17-25(56)41(76-44-37(65)33(61)32(60)27(18-54)73-44)51(7,46(67)68)29(49)10-11-50(28,6)53(23,20-55)15-14-52/h8,21-22,24-45,54-66H,9-20H2,1-7H3,(H,67,68)/t21-,22+,24?,25?,26-,27-,28?,29?,30+,31+,32-,33+,34+,35+,36-,37-,38-,39+,40-,41?,42+,43+,44+,45+,49?,50?,51?,52?,53?/m1/s1. The van der Waals surface area contributed by atoms with Gasteiger partial charge in [-0.05, 0) is 113 Å². The number of fused-ring (bicyclic) bond motifs is 7. The first-order chi connectivity index (χ1) is 36.0. The number of ether oxygens (including phenoxy) is 8. The Morgan fingerprint density at radius 2 is 1.23 bits per heavy atom. The molecule has 0 aromatic rings. The fraction of sp³-hybridized carbons (Fsp3) is 0.925. The highest BCUT2D eigenvalue weighted by Crippen LogP contribution is 2.76. The van der Waals surface area contributed by atoms with Crippen molar-refractivity contribution >= 4 is 11.9 Å². The van der Waals surface area contributed by atoms with Crippen LogP contribution in [0.15, 0.2) is 11.6 Å². The van der Waals surface area contributed by atoms with E-state index in [1.54, 1.807) is 0 Å². The van der Waals surface area contributed by atoms with E-state index in [0.29, 0.717) is 44.9 Å². The summed E-state index contributed by atoms with van der Waals surface area (Å²) in [5.74, 6) is -3.40. The maximum atomic E-state index is 15.4. The molecular formula is C53H84O24. The van der Waals surface area contributed by atoms with Gasteiger partial charge in [0.15, 0.2) is 25.0 Å². The van der Waals surface area contributed by atoms with Crippen LogP contribution in [0.3, 0.4) is 0 Å². The van der Waals surface area contributed by atoms with E-state index >= 15 is 4.79 Å². The molecule has 24 heteroatoms.